The molecular weight excluding hydrogens is 392 g/mol. The van der Waals surface area contributed by atoms with E-state index in [0.717, 1.165) is 25.2 Å². The molecule has 0 aromatic heterocycles. The van der Waals surface area contributed by atoms with Crippen molar-refractivity contribution in [3.05, 3.63) is 34.9 Å². The SMILES string of the molecule is NC1C2CCCCCC1CN(Cc1ccc3c(c1)CN(C1CCC(=O)NC1=O)C3=O)C2. The highest BCUT2D eigenvalue weighted by Crippen LogP contribution is 2.33. The van der Waals surface area contributed by atoms with Gasteiger partial charge in [-0.2, -0.15) is 0 Å². The smallest absolute Gasteiger partial charge is 0.255 e. The van der Waals surface area contributed by atoms with Crippen LogP contribution in [-0.4, -0.2) is 52.7 Å². The van der Waals surface area contributed by atoms with Crippen molar-refractivity contribution in [1.29, 1.82) is 0 Å². The molecule has 7 nitrogen and oxygen atoms in total. The topological polar surface area (TPSA) is 95.7 Å². The van der Waals surface area contributed by atoms with Gasteiger partial charge in [0.15, 0.2) is 0 Å². The number of hydrogen-bond acceptors (Lipinski definition) is 5. The minimum atomic E-state index is -0.559. The number of rotatable bonds is 3. The van der Waals surface area contributed by atoms with Crippen LogP contribution in [0.4, 0.5) is 0 Å². The Morgan fingerprint density at radius 2 is 1.74 bits per heavy atom. The van der Waals surface area contributed by atoms with Gasteiger partial charge in [0.05, 0.1) is 0 Å². The summed E-state index contributed by atoms with van der Waals surface area (Å²) in [6, 6.07) is 5.86. The van der Waals surface area contributed by atoms with Crippen LogP contribution in [-0.2, 0) is 22.7 Å². The van der Waals surface area contributed by atoms with Crippen LogP contribution in [0.3, 0.4) is 0 Å². The molecule has 1 aromatic carbocycles. The first kappa shape index (κ1) is 20.6. The molecule has 2 saturated heterocycles. The van der Waals surface area contributed by atoms with Gasteiger partial charge >= 0.3 is 0 Å². The van der Waals surface area contributed by atoms with E-state index in [1.54, 1.807) is 4.90 Å². The Balaban J connectivity index is 1.28. The number of hydrogen-bond donors (Lipinski definition) is 2. The van der Waals surface area contributed by atoms with Crippen LogP contribution in [0.2, 0.25) is 0 Å². The van der Waals surface area contributed by atoms with Gasteiger partial charge in [0.1, 0.15) is 6.04 Å². The molecule has 3 heterocycles. The third-order valence-corrected chi connectivity index (χ3v) is 7.72. The Hall–Kier alpha value is -2.25. The van der Waals surface area contributed by atoms with Crippen molar-refractivity contribution < 1.29 is 14.4 Å². The number of nitrogens with two attached hydrogens (primary N) is 1. The molecule has 166 valence electrons. The quantitative estimate of drug-likeness (QED) is 0.722. The molecule has 1 aliphatic carbocycles. The molecule has 2 bridgehead atoms. The molecule has 3 fully saturated rings. The van der Waals surface area contributed by atoms with E-state index in [2.05, 4.69) is 22.3 Å². The number of carbonyl (C=O) groups is 3. The summed E-state index contributed by atoms with van der Waals surface area (Å²) in [6.07, 6.45) is 7.05. The molecule has 0 radical (unpaired) electrons. The van der Waals surface area contributed by atoms with E-state index in [-0.39, 0.29) is 24.1 Å². The highest BCUT2D eigenvalue weighted by molar-refractivity contribution is 6.05. The van der Waals surface area contributed by atoms with E-state index in [0.29, 0.717) is 36.4 Å². The molecule has 5 rings (SSSR count). The van der Waals surface area contributed by atoms with Crippen molar-refractivity contribution >= 4 is 17.7 Å². The molecule has 0 spiro atoms. The molecule has 3 N–H and O–H groups in total. The third-order valence-electron chi connectivity index (χ3n) is 7.72. The predicted octanol–water partition coefficient (Wildman–Crippen LogP) is 1.79. The first-order valence-corrected chi connectivity index (χ1v) is 11.7. The molecule has 3 aliphatic heterocycles. The lowest BCUT2D eigenvalue weighted by Gasteiger charge is -2.44. The number of amides is 3. The molecule has 31 heavy (non-hydrogen) atoms. The fraction of sp³-hybridized carbons (Fsp3) is 0.625. The van der Waals surface area contributed by atoms with Crippen molar-refractivity contribution in [2.75, 3.05) is 13.1 Å². The van der Waals surface area contributed by atoms with Crippen molar-refractivity contribution in [3.63, 3.8) is 0 Å². The molecule has 1 saturated carbocycles. The largest absolute Gasteiger partial charge is 0.327 e. The van der Waals surface area contributed by atoms with Gasteiger partial charge in [-0.1, -0.05) is 31.4 Å². The summed E-state index contributed by atoms with van der Waals surface area (Å²) in [6.45, 7) is 3.41. The highest BCUT2D eigenvalue weighted by Gasteiger charge is 2.39. The predicted molar refractivity (Wildman–Crippen MR) is 116 cm³/mol. The summed E-state index contributed by atoms with van der Waals surface area (Å²) in [5.74, 6) is 0.435. The minimum Gasteiger partial charge on any atom is -0.327 e. The van der Waals surface area contributed by atoms with Crippen molar-refractivity contribution in [2.24, 2.45) is 17.6 Å². The first-order chi connectivity index (χ1) is 15.0. The fourth-order valence-corrected chi connectivity index (χ4v) is 6.04. The van der Waals surface area contributed by atoms with Crippen LogP contribution in [0.5, 0.6) is 0 Å². The highest BCUT2D eigenvalue weighted by atomic mass is 16.2. The number of nitrogens with zero attached hydrogens (tertiary/aromatic N) is 2. The van der Waals surface area contributed by atoms with Gasteiger partial charge in [-0.3, -0.25) is 24.6 Å². The first-order valence-electron chi connectivity index (χ1n) is 11.7. The summed E-state index contributed by atoms with van der Waals surface area (Å²) in [7, 11) is 0. The zero-order valence-electron chi connectivity index (χ0n) is 18.0. The van der Waals surface area contributed by atoms with Crippen molar-refractivity contribution in [2.45, 2.75) is 70.1 Å². The summed E-state index contributed by atoms with van der Waals surface area (Å²) in [5.41, 5.74) is 9.45. The van der Waals surface area contributed by atoms with Crippen molar-refractivity contribution in [1.82, 2.24) is 15.1 Å². The maximum atomic E-state index is 12.9. The second kappa shape index (κ2) is 8.36. The monoisotopic (exact) mass is 424 g/mol. The average molecular weight is 425 g/mol. The van der Waals surface area contributed by atoms with E-state index in [9.17, 15) is 14.4 Å². The molecule has 3 amide bonds. The van der Waals surface area contributed by atoms with E-state index in [1.165, 1.54) is 37.7 Å². The molecule has 3 atom stereocenters. The van der Waals surface area contributed by atoms with Crippen LogP contribution in [0.25, 0.3) is 0 Å². The molecular formula is C24H32N4O3. The van der Waals surface area contributed by atoms with Gasteiger partial charge in [-0.05, 0) is 48.3 Å². The van der Waals surface area contributed by atoms with Crippen LogP contribution in [0.1, 0.15) is 66.4 Å². The summed E-state index contributed by atoms with van der Waals surface area (Å²) < 4.78 is 0. The van der Waals surface area contributed by atoms with E-state index in [4.69, 9.17) is 5.73 Å². The second-order valence-electron chi connectivity index (χ2n) is 9.82. The normalized spacial score (nSPS) is 31.8. The fourth-order valence-electron chi connectivity index (χ4n) is 6.04. The summed E-state index contributed by atoms with van der Waals surface area (Å²) >= 11 is 0. The Labute approximate surface area is 183 Å². The summed E-state index contributed by atoms with van der Waals surface area (Å²) in [4.78, 5) is 40.8. The number of nitrogens with one attached hydrogen (secondary N) is 1. The van der Waals surface area contributed by atoms with Gasteiger partial charge in [0.2, 0.25) is 11.8 Å². The Morgan fingerprint density at radius 3 is 2.45 bits per heavy atom. The van der Waals surface area contributed by atoms with Crippen LogP contribution >= 0.6 is 0 Å². The zero-order chi connectivity index (χ0) is 21.5. The Morgan fingerprint density at radius 1 is 1.00 bits per heavy atom. The van der Waals surface area contributed by atoms with E-state index >= 15 is 0 Å². The molecule has 1 aromatic rings. The lowest BCUT2D eigenvalue weighted by atomic mass is 9.77. The van der Waals surface area contributed by atoms with E-state index in [1.807, 2.05) is 6.07 Å². The Kier molecular flexibility index (Phi) is 5.56. The summed E-state index contributed by atoms with van der Waals surface area (Å²) in [5, 5.41) is 2.36. The van der Waals surface area contributed by atoms with Gasteiger partial charge in [0, 0.05) is 44.2 Å². The van der Waals surface area contributed by atoms with Crippen LogP contribution in [0, 0.1) is 11.8 Å². The second-order valence-corrected chi connectivity index (χ2v) is 9.82. The maximum absolute atomic E-state index is 12.9. The van der Waals surface area contributed by atoms with Gasteiger partial charge < -0.3 is 10.6 Å². The molecule has 3 unspecified atom stereocenters. The Bertz CT molecular complexity index is 885. The van der Waals surface area contributed by atoms with E-state index < -0.39 is 6.04 Å². The lowest BCUT2D eigenvalue weighted by molar-refractivity contribution is -0.136. The molecule has 4 aliphatic rings. The number of fused-ring (bicyclic) bond motifs is 3. The zero-order valence-corrected chi connectivity index (χ0v) is 18.0. The van der Waals surface area contributed by atoms with Gasteiger partial charge in [-0.15, -0.1) is 0 Å². The standard InChI is InChI=1S/C24H32N4O3/c25-22-16-4-2-1-3-5-17(22)13-27(12-16)11-15-6-7-19-18(10-15)14-28(24(19)31)20-8-9-21(29)26-23(20)30/h6-7,10,16-17,20,22H,1-5,8-9,11-14,25H2,(H,26,29,30). The number of benzene rings is 1. The molecule has 7 heteroatoms. The lowest BCUT2D eigenvalue weighted by Crippen LogP contribution is -2.53. The number of imide groups is 1. The number of carbonyl (C=O) groups excluding carboxylic acids is 3. The number of likely N-dealkylation sites (tertiary alicyclic amines) is 1. The number of piperidine rings is 2. The third kappa shape index (κ3) is 4.01. The maximum Gasteiger partial charge on any atom is 0.255 e. The van der Waals surface area contributed by atoms with Gasteiger partial charge in [-0.25, -0.2) is 0 Å². The van der Waals surface area contributed by atoms with Crippen molar-refractivity contribution in [3.8, 4) is 0 Å². The van der Waals surface area contributed by atoms with Crippen LogP contribution < -0.4 is 11.1 Å². The van der Waals surface area contributed by atoms with Crippen LogP contribution in [0.15, 0.2) is 18.2 Å². The average Bonchev–Trinajstić information content (AvgIpc) is 3.06. The van der Waals surface area contributed by atoms with Gasteiger partial charge in [0.25, 0.3) is 5.91 Å². The minimum absolute atomic E-state index is 0.109.